The number of carbonyl (C=O) groups is 9. The van der Waals surface area contributed by atoms with E-state index in [1.54, 1.807) is 13.8 Å². The standard InChI is InChI=1S/C31H53N11O10/c1-6-17(4)22(15-46)39-27(41-28(50)18(5)36-21(14-45)11-24(48)49)30(52)42-26(38-20(13-44)10-23(32)47)29(51)40-25(16(2)3)37-19(12-43)8-7-9-35-31(33)34/h12-15,17-22,25-27,36-39H,2,6-11H2,1,3-5H3,(H2,32,47)(H,40,51)(H,41,50)(H,42,52)(H,48,49)(H4,33,34,35)/t17-,18-,19-,20-,21-,22+,25+,26-,27-/m1/s1. The molecule has 0 aliphatic heterocycles. The fourth-order valence-electron chi connectivity index (χ4n) is 4.41. The minimum atomic E-state index is -1.80. The van der Waals surface area contributed by atoms with Crippen molar-refractivity contribution in [1.29, 1.82) is 0 Å². The van der Waals surface area contributed by atoms with Gasteiger partial charge in [0, 0.05) is 13.0 Å². The number of rotatable bonds is 29. The van der Waals surface area contributed by atoms with E-state index in [1.807, 2.05) is 0 Å². The Morgan fingerprint density at radius 1 is 0.731 bits per heavy atom. The number of primary amides is 1. The quantitative estimate of drug-likeness (QED) is 0.00858. The fraction of sp³-hybridized carbons (Fsp3) is 0.613. The summed E-state index contributed by atoms with van der Waals surface area (Å²) in [4.78, 5) is 114. The predicted octanol–water partition coefficient (Wildman–Crippen LogP) is -4.64. The molecule has 21 nitrogen and oxygen atoms in total. The Bertz CT molecular complexity index is 1290. The molecule has 0 rings (SSSR count). The van der Waals surface area contributed by atoms with Gasteiger partial charge in [-0.05, 0) is 38.2 Å². The van der Waals surface area contributed by atoms with Gasteiger partial charge in [0.2, 0.25) is 11.8 Å². The number of nitrogens with zero attached hydrogens (tertiary/aromatic N) is 1. The van der Waals surface area contributed by atoms with Crippen molar-refractivity contribution < 1.29 is 48.3 Å². The average Bonchev–Trinajstić information content (AvgIpc) is 3.08. The Morgan fingerprint density at radius 2 is 1.23 bits per heavy atom. The lowest BCUT2D eigenvalue weighted by atomic mass is 10.00. The second kappa shape index (κ2) is 24.9. The lowest BCUT2D eigenvalue weighted by Crippen LogP contribution is -2.67. The molecule has 0 aliphatic rings. The Morgan fingerprint density at radius 3 is 1.69 bits per heavy atom. The molecule has 0 fully saturated rings. The van der Waals surface area contributed by atoms with Crippen molar-refractivity contribution in [3.63, 3.8) is 0 Å². The van der Waals surface area contributed by atoms with Crippen molar-refractivity contribution in [3.8, 4) is 0 Å². The van der Waals surface area contributed by atoms with Crippen molar-refractivity contribution in [2.24, 2.45) is 28.1 Å². The van der Waals surface area contributed by atoms with Gasteiger partial charge in [0.25, 0.3) is 11.8 Å². The van der Waals surface area contributed by atoms with Crippen LogP contribution in [0.5, 0.6) is 0 Å². The molecule has 52 heavy (non-hydrogen) atoms. The number of carboxylic acid groups (broad SMARTS) is 1. The molecule has 0 bridgehead atoms. The average molecular weight is 740 g/mol. The fourth-order valence-corrected chi connectivity index (χ4v) is 4.41. The molecule has 0 aromatic rings. The molecule has 0 aromatic carbocycles. The number of hydrogen-bond donors (Lipinski definition) is 11. The maximum Gasteiger partial charge on any atom is 0.305 e. The third-order valence-electron chi connectivity index (χ3n) is 7.53. The number of carboxylic acids is 1. The third-order valence-corrected chi connectivity index (χ3v) is 7.53. The highest BCUT2D eigenvalue weighted by Gasteiger charge is 2.33. The molecule has 0 unspecified atom stereocenters. The number of hydrogen-bond acceptors (Lipinski definition) is 14. The zero-order valence-electron chi connectivity index (χ0n) is 29.8. The summed E-state index contributed by atoms with van der Waals surface area (Å²) in [7, 11) is 0. The van der Waals surface area contributed by atoms with Crippen molar-refractivity contribution in [3.05, 3.63) is 12.2 Å². The minimum absolute atomic E-state index is 0.125. The number of aliphatic carboxylic acids is 1. The van der Waals surface area contributed by atoms with Crippen molar-refractivity contribution in [2.45, 2.75) is 109 Å². The highest BCUT2D eigenvalue weighted by molar-refractivity contribution is 5.93. The number of nitrogens with two attached hydrogens (primary N) is 3. The van der Waals surface area contributed by atoms with Gasteiger partial charge in [0.05, 0.1) is 36.6 Å². The van der Waals surface area contributed by atoms with Crippen LogP contribution in [0.15, 0.2) is 17.1 Å². The summed E-state index contributed by atoms with van der Waals surface area (Å²) in [6.07, 6.45) is -3.01. The Hall–Kier alpha value is -5.12. The zero-order valence-corrected chi connectivity index (χ0v) is 29.8. The molecule has 0 aliphatic carbocycles. The molecule has 14 N–H and O–H groups in total. The Labute approximate surface area is 301 Å². The number of aliphatic imine (C=N–C) groups is 1. The van der Waals surface area contributed by atoms with E-state index in [-0.39, 0.29) is 31.1 Å². The van der Waals surface area contributed by atoms with Gasteiger partial charge in [-0.1, -0.05) is 26.8 Å². The van der Waals surface area contributed by atoms with Gasteiger partial charge in [-0.3, -0.25) is 50.2 Å². The topological polar surface area (TPSA) is 348 Å². The van der Waals surface area contributed by atoms with Crippen LogP contribution < -0.4 is 54.4 Å². The molecular formula is C31H53N11O10. The van der Waals surface area contributed by atoms with E-state index in [4.69, 9.17) is 22.3 Å². The minimum Gasteiger partial charge on any atom is -0.481 e. The van der Waals surface area contributed by atoms with Crippen LogP contribution in [0.3, 0.4) is 0 Å². The summed E-state index contributed by atoms with van der Waals surface area (Å²) in [5.41, 5.74) is 16.2. The van der Waals surface area contributed by atoms with Crippen molar-refractivity contribution >= 4 is 60.7 Å². The first-order valence-corrected chi connectivity index (χ1v) is 16.4. The normalized spacial score (nSPS) is 16.1. The summed E-state index contributed by atoms with van der Waals surface area (Å²) in [5, 5.41) is 27.0. The van der Waals surface area contributed by atoms with Gasteiger partial charge in [-0.2, -0.15) is 0 Å². The van der Waals surface area contributed by atoms with Gasteiger partial charge in [0.1, 0.15) is 31.3 Å². The number of nitrogens with one attached hydrogen (secondary N) is 7. The van der Waals surface area contributed by atoms with E-state index in [0.717, 1.165) is 0 Å². The molecular weight excluding hydrogens is 686 g/mol. The van der Waals surface area contributed by atoms with Gasteiger partial charge in [-0.15, -0.1) is 0 Å². The molecule has 21 heteroatoms. The van der Waals surface area contributed by atoms with Gasteiger partial charge in [-0.25, -0.2) is 0 Å². The molecule has 292 valence electrons. The first kappa shape index (κ1) is 46.9. The molecule has 0 saturated heterocycles. The molecule has 0 radical (unpaired) electrons. The largest absolute Gasteiger partial charge is 0.481 e. The summed E-state index contributed by atoms with van der Waals surface area (Å²) in [6, 6.07) is -5.68. The van der Waals surface area contributed by atoms with Gasteiger partial charge >= 0.3 is 5.97 Å². The molecule has 0 heterocycles. The van der Waals surface area contributed by atoms with Crippen LogP contribution in [0.4, 0.5) is 0 Å². The molecule has 4 amide bonds. The lowest BCUT2D eigenvalue weighted by Gasteiger charge is -2.31. The number of guanidine groups is 1. The highest BCUT2D eigenvalue weighted by Crippen LogP contribution is 2.07. The first-order valence-electron chi connectivity index (χ1n) is 16.4. The van der Waals surface area contributed by atoms with Crippen LogP contribution in [-0.4, -0.2) is 121 Å². The molecule has 0 saturated carbocycles. The van der Waals surface area contributed by atoms with E-state index in [0.29, 0.717) is 37.3 Å². The van der Waals surface area contributed by atoms with Crippen LogP contribution in [-0.2, 0) is 43.2 Å². The summed E-state index contributed by atoms with van der Waals surface area (Å²) >= 11 is 0. The summed E-state index contributed by atoms with van der Waals surface area (Å²) in [5.74, 6) is -5.71. The second-order valence-corrected chi connectivity index (χ2v) is 12.1. The lowest BCUT2D eigenvalue weighted by molar-refractivity contribution is -0.139. The summed E-state index contributed by atoms with van der Waals surface area (Å²) < 4.78 is 0. The number of aldehydes is 4. The second-order valence-electron chi connectivity index (χ2n) is 12.1. The van der Waals surface area contributed by atoms with Crippen LogP contribution >= 0.6 is 0 Å². The van der Waals surface area contributed by atoms with Crippen molar-refractivity contribution in [1.82, 2.24) is 37.2 Å². The van der Waals surface area contributed by atoms with Gasteiger partial charge < -0.3 is 57.4 Å². The van der Waals surface area contributed by atoms with Crippen molar-refractivity contribution in [2.75, 3.05) is 6.54 Å². The summed E-state index contributed by atoms with van der Waals surface area (Å²) in [6.45, 7) is 10.3. The van der Waals surface area contributed by atoms with E-state index >= 15 is 0 Å². The monoisotopic (exact) mass is 739 g/mol. The smallest absolute Gasteiger partial charge is 0.305 e. The third kappa shape index (κ3) is 18.8. The van der Waals surface area contributed by atoms with Crippen LogP contribution in [0.25, 0.3) is 0 Å². The maximum atomic E-state index is 13.8. The van der Waals surface area contributed by atoms with E-state index < -0.39 is 91.1 Å². The first-order chi connectivity index (χ1) is 24.4. The van der Waals surface area contributed by atoms with Crippen LogP contribution in [0.2, 0.25) is 0 Å². The number of amides is 4. The molecule has 0 spiro atoms. The molecule has 0 aromatic heterocycles. The van der Waals surface area contributed by atoms with E-state index in [2.05, 4.69) is 48.8 Å². The van der Waals surface area contributed by atoms with E-state index in [1.165, 1.54) is 13.8 Å². The zero-order chi connectivity index (χ0) is 40.0. The molecule has 9 atom stereocenters. The van der Waals surface area contributed by atoms with E-state index in [9.17, 15) is 43.2 Å². The number of carbonyl (C=O) groups excluding carboxylic acids is 8. The Balaban J connectivity index is 6.47. The highest BCUT2D eigenvalue weighted by atomic mass is 16.4. The maximum absolute atomic E-state index is 13.8. The van der Waals surface area contributed by atoms with Crippen LogP contribution in [0, 0.1) is 5.92 Å². The van der Waals surface area contributed by atoms with Crippen LogP contribution in [0.1, 0.15) is 59.8 Å². The SMILES string of the molecule is C=C(C)[C@H](NC(=O)[C@@H](NC(=O)[C@@H](NC(=O)[C@@H](C)N[C@@H](C=O)CC(=O)O)N[C@@H](C=O)[C@H](C)CC)N[C@@H](C=O)CC(N)=O)N[C@@H](C=O)CCCN=C(N)N. The Kier molecular flexibility index (Phi) is 22.5. The van der Waals surface area contributed by atoms with Gasteiger partial charge in [0.15, 0.2) is 18.3 Å². The predicted molar refractivity (Wildman–Crippen MR) is 187 cm³/mol.